The summed E-state index contributed by atoms with van der Waals surface area (Å²) in [6, 6.07) is 8.70. The fourth-order valence-corrected chi connectivity index (χ4v) is 2.29. The standard InChI is InChI=1S/C16H24O2/c1-3-5-6-13-7-9-14(10-8-13)16-17-12-11-15(4-2)18-16/h7-10,15-16H,3-6,11-12H2,1-2H3. The molecule has 0 saturated carbocycles. The molecule has 1 heterocycles. The molecule has 2 rings (SSSR count). The van der Waals surface area contributed by atoms with Gasteiger partial charge in [0.15, 0.2) is 6.29 Å². The Labute approximate surface area is 110 Å². The summed E-state index contributed by atoms with van der Waals surface area (Å²) in [5, 5.41) is 0. The second kappa shape index (κ2) is 6.91. The maximum atomic E-state index is 5.92. The number of ether oxygens (including phenoxy) is 2. The van der Waals surface area contributed by atoms with Crippen LogP contribution in [0.5, 0.6) is 0 Å². The van der Waals surface area contributed by atoms with E-state index in [4.69, 9.17) is 9.47 Å². The summed E-state index contributed by atoms with van der Waals surface area (Å²) in [7, 11) is 0. The molecule has 0 spiro atoms. The van der Waals surface area contributed by atoms with Crippen LogP contribution in [0.25, 0.3) is 0 Å². The number of hydrogen-bond acceptors (Lipinski definition) is 2. The van der Waals surface area contributed by atoms with Crippen molar-refractivity contribution in [2.45, 2.75) is 58.3 Å². The molecule has 1 aromatic rings. The molecule has 2 atom stereocenters. The van der Waals surface area contributed by atoms with Gasteiger partial charge in [0.05, 0.1) is 12.7 Å². The normalized spacial score (nSPS) is 24.1. The Morgan fingerprint density at radius 3 is 2.61 bits per heavy atom. The van der Waals surface area contributed by atoms with E-state index < -0.39 is 0 Å². The minimum absolute atomic E-state index is 0.163. The molecule has 1 aliphatic heterocycles. The monoisotopic (exact) mass is 248 g/mol. The summed E-state index contributed by atoms with van der Waals surface area (Å²) in [6.07, 6.45) is 5.94. The van der Waals surface area contributed by atoms with Gasteiger partial charge in [0, 0.05) is 5.56 Å². The maximum Gasteiger partial charge on any atom is 0.184 e. The zero-order valence-corrected chi connectivity index (χ0v) is 11.5. The molecule has 2 unspecified atom stereocenters. The van der Waals surface area contributed by atoms with Gasteiger partial charge in [-0.05, 0) is 31.2 Å². The largest absolute Gasteiger partial charge is 0.348 e. The van der Waals surface area contributed by atoms with Gasteiger partial charge in [-0.3, -0.25) is 0 Å². The highest BCUT2D eigenvalue weighted by atomic mass is 16.7. The summed E-state index contributed by atoms with van der Waals surface area (Å²) in [4.78, 5) is 0. The fraction of sp³-hybridized carbons (Fsp3) is 0.625. The van der Waals surface area contributed by atoms with Gasteiger partial charge in [-0.25, -0.2) is 0 Å². The first-order chi connectivity index (χ1) is 8.83. The molecule has 0 aliphatic carbocycles. The topological polar surface area (TPSA) is 18.5 Å². The van der Waals surface area contributed by atoms with Crippen molar-refractivity contribution in [1.29, 1.82) is 0 Å². The van der Waals surface area contributed by atoms with E-state index in [1.165, 1.54) is 24.8 Å². The molecule has 1 fully saturated rings. The van der Waals surface area contributed by atoms with E-state index in [0.29, 0.717) is 6.10 Å². The molecule has 0 amide bonds. The van der Waals surface area contributed by atoms with E-state index in [-0.39, 0.29) is 6.29 Å². The van der Waals surface area contributed by atoms with E-state index in [1.54, 1.807) is 0 Å². The summed E-state index contributed by atoms with van der Waals surface area (Å²) >= 11 is 0. The second-order valence-electron chi connectivity index (χ2n) is 5.00. The molecule has 0 radical (unpaired) electrons. The van der Waals surface area contributed by atoms with Crippen molar-refractivity contribution in [3.63, 3.8) is 0 Å². The van der Waals surface area contributed by atoms with Crippen molar-refractivity contribution < 1.29 is 9.47 Å². The van der Waals surface area contributed by atoms with E-state index in [9.17, 15) is 0 Å². The summed E-state index contributed by atoms with van der Waals surface area (Å²) < 4.78 is 11.6. The van der Waals surface area contributed by atoms with Gasteiger partial charge in [-0.15, -0.1) is 0 Å². The Bertz CT molecular complexity index is 345. The number of aryl methyl sites for hydroxylation is 1. The van der Waals surface area contributed by atoms with Crippen LogP contribution in [0.1, 0.15) is 56.9 Å². The van der Waals surface area contributed by atoms with Gasteiger partial charge < -0.3 is 9.47 Å². The van der Waals surface area contributed by atoms with E-state index in [1.807, 2.05) is 0 Å². The zero-order chi connectivity index (χ0) is 12.8. The van der Waals surface area contributed by atoms with Crippen LogP contribution in [0.4, 0.5) is 0 Å². The van der Waals surface area contributed by atoms with Gasteiger partial charge in [-0.2, -0.15) is 0 Å². The highest BCUT2D eigenvalue weighted by Crippen LogP contribution is 2.27. The fourth-order valence-electron chi connectivity index (χ4n) is 2.29. The lowest BCUT2D eigenvalue weighted by Gasteiger charge is -2.30. The summed E-state index contributed by atoms with van der Waals surface area (Å²) in [5.74, 6) is 0. The molecular weight excluding hydrogens is 224 g/mol. The highest BCUT2D eigenvalue weighted by Gasteiger charge is 2.22. The van der Waals surface area contributed by atoms with Crippen LogP contribution in [0.2, 0.25) is 0 Å². The Hall–Kier alpha value is -0.860. The lowest BCUT2D eigenvalue weighted by atomic mass is 10.1. The lowest BCUT2D eigenvalue weighted by molar-refractivity contribution is -0.217. The molecule has 100 valence electrons. The zero-order valence-electron chi connectivity index (χ0n) is 11.5. The second-order valence-corrected chi connectivity index (χ2v) is 5.00. The smallest absolute Gasteiger partial charge is 0.184 e. The van der Waals surface area contributed by atoms with Crippen molar-refractivity contribution in [1.82, 2.24) is 0 Å². The minimum atomic E-state index is -0.163. The molecule has 0 aromatic heterocycles. The number of hydrogen-bond donors (Lipinski definition) is 0. The lowest BCUT2D eigenvalue weighted by Crippen LogP contribution is -2.26. The van der Waals surface area contributed by atoms with Crippen LogP contribution in [-0.2, 0) is 15.9 Å². The van der Waals surface area contributed by atoms with Crippen molar-refractivity contribution in [2.75, 3.05) is 6.61 Å². The Morgan fingerprint density at radius 1 is 1.17 bits per heavy atom. The van der Waals surface area contributed by atoms with Gasteiger partial charge in [0.2, 0.25) is 0 Å². The summed E-state index contributed by atoms with van der Waals surface area (Å²) in [5.41, 5.74) is 2.55. The van der Waals surface area contributed by atoms with Gasteiger partial charge in [-0.1, -0.05) is 44.5 Å². The number of unbranched alkanes of at least 4 members (excludes halogenated alkanes) is 1. The van der Waals surface area contributed by atoms with E-state index >= 15 is 0 Å². The first kappa shape index (κ1) is 13.6. The predicted molar refractivity (Wildman–Crippen MR) is 73.5 cm³/mol. The number of benzene rings is 1. The van der Waals surface area contributed by atoms with Crippen molar-refractivity contribution in [3.8, 4) is 0 Å². The molecule has 0 bridgehead atoms. The van der Waals surface area contributed by atoms with Gasteiger partial charge >= 0.3 is 0 Å². The number of rotatable bonds is 5. The molecule has 2 nitrogen and oxygen atoms in total. The molecule has 18 heavy (non-hydrogen) atoms. The first-order valence-corrected chi connectivity index (χ1v) is 7.19. The van der Waals surface area contributed by atoms with Crippen molar-refractivity contribution in [3.05, 3.63) is 35.4 Å². The Kier molecular flexibility index (Phi) is 5.21. The summed E-state index contributed by atoms with van der Waals surface area (Å²) in [6.45, 7) is 5.20. The maximum absolute atomic E-state index is 5.92. The third-order valence-corrected chi connectivity index (χ3v) is 3.55. The Morgan fingerprint density at radius 2 is 1.94 bits per heavy atom. The molecule has 2 heteroatoms. The van der Waals surface area contributed by atoms with Gasteiger partial charge in [0.25, 0.3) is 0 Å². The molecular formula is C16H24O2. The van der Waals surface area contributed by atoms with Crippen LogP contribution in [0, 0.1) is 0 Å². The molecule has 1 saturated heterocycles. The quantitative estimate of drug-likeness (QED) is 0.775. The van der Waals surface area contributed by atoms with Crippen LogP contribution < -0.4 is 0 Å². The van der Waals surface area contributed by atoms with Crippen molar-refractivity contribution >= 4 is 0 Å². The average Bonchev–Trinajstić information content (AvgIpc) is 2.46. The molecule has 0 N–H and O–H groups in total. The third kappa shape index (κ3) is 3.56. The van der Waals surface area contributed by atoms with Crippen LogP contribution in [0.15, 0.2) is 24.3 Å². The molecule has 1 aromatic carbocycles. The SMILES string of the molecule is CCCCc1ccc(C2OCCC(CC)O2)cc1. The van der Waals surface area contributed by atoms with E-state index in [2.05, 4.69) is 38.1 Å². The van der Waals surface area contributed by atoms with Gasteiger partial charge in [0.1, 0.15) is 0 Å². The third-order valence-electron chi connectivity index (χ3n) is 3.55. The first-order valence-electron chi connectivity index (χ1n) is 7.19. The van der Waals surface area contributed by atoms with E-state index in [0.717, 1.165) is 25.0 Å². The van der Waals surface area contributed by atoms with Crippen LogP contribution in [-0.4, -0.2) is 12.7 Å². The predicted octanol–water partition coefficient (Wildman–Crippen LogP) is 4.24. The van der Waals surface area contributed by atoms with Crippen LogP contribution in [0.3, 0.4) is 0 Å². The average molecular weight is 248 g/mol. The van der Waals surface area contributed by atoms with Crippen molar-refractivity contribution in [2.24, 2.45) is 0 Å². The Balaban J connectivity index is 1.96. The van der Waals surface area contributed by atoms with Crippen LogP contribution >= 0.6 is 0 Å². The molecule has 1 aliphatic rings. The highest BCUT2D eigenvalue weighted by molar-refractivity contribution is 5.23. The minimum Gasteiger partial charge on any atom is -0.348 e.